The third-order valence-electron chi connectivity index (χ3n) is 3.16. The molecule has 0 aliphatic heterocycles. The van der Waals surface area contributed by atoms with Crippen LogP contribution in [-0.2, 0) is 4.79 Å². The number of rotatable bonds is 6. The van der Waals surface area contributed by atoms with Gasteiger partial charge >= 0.3 is 0 Å². The molecule has 2 aromatic rings. The second-order valence-electron chi connectivity index (χ2n) is 4.98. The van der Waals surface area contributed by atoms with Crippen molar-refractivity contribution in [2.24, 2.45) is 0 Å². The van der Waals surface area contributed by atoms with E-state index in [9.17, 15) is 22.8 Å². The van der Waals surface area contributed by atoms with Crippen molar-refractivity contribution in [3.8, 4) is 0 Å². The maximum Gasteiger partial charge on any atom is 0.290 e. The van der Waals surface area contributed by atoms with Crippen molar-refractivity contribution < 1.29 is 27.2 Å². The Bertz CT molecular complexity index is 732. The number of nitrogens with one attached hydrogen (secondary N) is 1. The summed E-state index contributed by atoms with van der Waals surface area (Å²) in [6.45, 7) is 1.70. The predicted molar refractivity (Wildman–Crippen MR) is 79.8 cm³/mol. The van der Waals surface area contributed by atoms with Crippen LogP contribution in [0.3, 0.4) is 0 Å². The van der Waals surface area contributed by atoms with Gasteiger partial charge in [0.2, 0.25) is 5.91 Å². The lowest BCUT2D eigenvalue weighted by atomic mass is 10.2. The molecule has 0 spiro atoms. The zero-order chi connectivity index (χ0) is 17.7. The number of hydrogen-bond donors (Lipinski definition) is 1. The van der Waals surface area contributed by atoms with Crippen LogP contribution < -0.4 is 5.32 Å². The van der Waals surface area contributed by atoms with Crippen LogP contribution in [0.2, 0.25) is 0 Å². The standard InChI is InChI=1S/C16H15F3N2O3/c1-2-7-21(16(23)12-4-3-8-24-12)9-13(22)20-11-6-5-10(17)14(18)15(11)19/h3-6,8H,2,7,9H2,1H3,(H,20,22). The Labute approximate surface area is 136 Å². The largest absolute Gasteiger partial charge is 0.459 e. The summed E-state index contributed by atoms with van der Waals surface area (Å²) < 4.78 is 44.6. The van der Waals surface area contributed by atoms with Crippen molar-refractivity contribution in [2.45, 2.75) is 13.3 Å². The van der Waals surface area contributed by atoms with Crippen molar-refractivity contribution >= 4 is 17.5 Å². The van der Waals surface area contributed by atoms with E-state index in [1.54, 1.807) is 0 Å². The second kappa shape index (κ2) is 7.67. The number of amides is 2. The summed E-state index contributed by atoms with van der Waals surface area (Å²) in [6.07, 6.45) is 1.91. The van der Waals surface area contributed by atoms with Gasteiger partial charge in [0.15, 0.2) is 23.2 Å². The minimum Gasteiger partial charge on any atom is -0.459 e. The van der Waals surface area contributed by atoms with E-state index < -0.39 is 35.0 Å². The van der Waals surface area contributed by atoms with E-state index >= 15 is 0 Å². The second-order valence-corrected chi connectivity index (χ2v) is 4.98. The Morgan fingerprint density at radius 1 is 1.17 bits per heavy atom. The fourth-order valence-electron chi connectivity index (χ4n) is 2.06. The summed E-state index contributed by atoms with van der Waals surface area (Å²) in [7, 11) is 0. The Morgan fingerprint density at radius 2 is 1.92 bits per heavy atom. The number of furan rings is 1. The number of carbonyl (C=O) groups excluding carboxylic acids is 2. The van der Waals surface area contributed by atoms with Crippen molar-refractivity contribution in [2.75, 3.05) is 18.4 Å². The average molecular weight is 340 g/mol. The minimum atomic E-state index is -1.68. The molecule has 1 aromatic heterocycles. The monoisotopic (exact) mass is 340 g/mol. The molecule has 8 heteroatoms. The first kappa shape index (κ1) is 17.6. The Kier molecular flexibility index (Phi) is 5.62. The van der Waals surface area contributed by atoms with Crippen molar-refractivity contribution in [3.63, 3.8) is 0 Å². The van der Waals surface area contributed by atoms with Gasteiger partial charge in [0.1, 0.15) is 6.54 Å². The molecule has 0 aliphatic carbocycles. The maximum atomic E-state index is 13.6. The molecule has 2 rings (SSSR count). The van der Waals surface area contributed by atoms with Gasteiger partial charge in [-0.25, -0.2) is 13.2 Å². The van der Waals surface area contributed by atoms with Crippen LogP contribution >= 0.6 is 0 Å². The summed E-state index contributed by atoms with van der Waals surface area (Å²) >= 11 is 0. The number of halogens is 3. The molecular formula is C16H15F3N2O3. The van der Waals surface area contributed by atoms with Gasteiger partial charge in [-0.2, -0.15) is 0 Å². The van der Waals surface area contributed by atoms with Crippen LogP contribution in [0, 0.1) is 17.5 Å². The molecule has 1 N–H and O–H groups in total. The van der Waals surface area contributed by atoms with Gasteiger partial charge < -0.3 is 14.6 Å². The SMILES string of the molecule is CCCN(CC(=O)Nc1ccc(F)c(F)c1F)C(=O)c1ccco1. The van der Waals surface area contributed by atoms with Crippen LogP contribution in [0.4, 0.5) is 18.9 Å². The zero-order valence-electron chi connectivity index (χ0n) is 12.8. The predicted octanol–water partition coefficient (Wildman–Crippen LogP) is 3.19. The molecule has 128 valence electrons. The first-order valence-electron chi connectivity index (χ1n) is 7.20. The number of anilines is 1. The lowest BCUT2D eigenvalue weighted by Gasteiger charge is -2.20. The lowest BCUT2D eigenvalue weighted by molar-refractivity contribution is -0.116. The Morgan fingerprint density at radius 3 is 2.54 bits per heavy atom. The first-order valence-corrected chi connectivity index (χ1v) is 7.20. The van der Waals surface area contributed by atoms with Gasteiger partial charge in [-0.1, -0.05) is 6.92 Å². The smallest absolute Gasteiger partial charge is 0.290 e. The van der Waals surface area contributed by atoms with Crippen LogP contribution in [0.25, 0.3) is 0 Å². The third kappa shape index (κ3) is 3.95. The van der Waals surface area contributed by atoms with E-state index in [0.717, 1.165) is 6.07 Å². The summed E-state index contributed by atoms with van der Waals surface area (Å²) in [6, 6.07) is 4.60. The van der Waals surface area contributed by atoms with E-state index in [1.807, 2.05) is 6.92 Å². The van der Waals surface area contributed by atoms with E-state index in [1.165, 1.54) is 23.3 Å². The van der Waals surface area contributed by atoms with E-state index in [-0.39, 0.29) is 18.8 Å². The summed E-state index contributed by atoms with van der Waals surface area (Å²) in [4.78, 5) is 25.4. The summed E-state index contributed by atoms with van der Waals surface area (Å²) in [5, 5.41) is 2.12. The molecule has 0 unspecified atom stereocenters. The van der Waals surface area contributed by atoms with E-state index in [0.29, 0.717) is 12.5 Å². The van der Waals surface area contributed by atoms with E-state index in [2.05, 4.69) is 5.32 Å². The van der Waals surface area contributed by atoms with Gasteiger partial charge in [-0.05, 0) is 30.7 Å². The molecule has 0 saturated carbocycles. The summed E-state index contributed by atoms with van der Waals surface area (Å²) in [5.41, 5.74) is -0.499. The highest BCUT2D eigenvalue weighted by Gasteiger charge is 2.21. The zero-order valence-corrected chi connectivity index (χ0v) is 12.8. The molecule has 1 heterocycles. The molecule has 0 atom stereocenters. The highest BCUT2D eigenvalue weighted by atomic mass is 19.2. The average Bonchev–Trinajstić information content (AvgIpc) is 3.09. The molecule has 2 amide bonds. The molecule has 0 radical (unpaired) electrons. The van der Waals surface area contributed by atoms with Gasteiger partial charge in [0.05, 0.1) is 12.0 Å². The number of carbonyl (C=O) groups is 2. The Balaban J connectivity index is 2.08. The van der Waals surface area contributed by atoms with Gasteiger partial charge in [0, 0.05) is 6.54 Å². The van der Waals surface area contributed by atoms with Crippen LogP contribution in [0.1, 0.15) is 23.9 Å². The quantitative estimate of drug-likeness (QED) is 0.822. The molecule has 0 aliphatic rings. The minimum absolute atomic E-state index is 0.0651. The van der Waals surface area contributed by atoms with Gasteiger partial charge in [0.25, 0.3) is 5.91 Å². The van der Waals surface area contributed by atoms with Crippen molar-refractivity contribution in [1.82, 2.24) is 4.90 Å². The van der Waals surface area contributed by atoms with Crippen LogP contribution in [0.5, 0.6) is 0 Å². The molecule has 24 heavy (non-hydrogen) atoms. The number of benzene rings is 1. The van der Waals surface area contributed by atoms with E-state index in [4.69, 9.17) is 4.42 Å². The van der Waals surface area contributed by atoms with Gasteiger partial charge in [-0.3, -0.25) is 9.59 Å². The third-order valence-corrected chi connectivity index (χ3v) is 3.16. The van der Waals surface area contributed by atoms with Crippen molar-refractivity contribution in [1.29, 1.82) is 0 Å². The number of hydrogen-bond acceptors (Lipinski definition) is 3. The highest BCUT2D eigenvalue weighted by molar-refractivity contribution is 5.98. The fraction of sp³-hybridized carbons (Fsp3) is 0.250. The summed E-state index contributed by atoms with van der Waals surface area (Å²) in [5.74, 6) is -5.70. The topological polar surface area (TPSA) is 62.6 Å². The molecule has 5 nitrogen and oxygen atoms in total. The fourth-order valence-corrected chi connectivity index (χ4v) is 2.06. The van der Waals surface area contributed by atoms with Crippen LogP contribution in [-0.4, -0.2) is 29.8 Å². The normalized spacial score (nSPS) is 10.5. The Hall–Kier alpha value is -2.77. The first-order chi connectivity index (χ1) is 11.4. The maximum absolute atomic E-state index is 13.6. The molecular weight excluding hydrogens is 325 g/mol. The molecule has 1 aromatic carbocycles. The highest BCUT2D eigenvalue weighted by Crippen LogP contribution is 2.19. The van der Waals surface area contributed by atoms with Crippen LogP contribution in [0.15, 0.2) is 34.9 Å². The number of nitrogens with zero attached hydrogens (tertiary/aromatic N) is 1. The molecule has 0 bridgehead atoms. The van der Waals surface area contributed by atoms with Crippen molar-refractivity contribution in [3.05, 3.63) is 53.7 Å². The lowest BCUT2D eigenvalue weighted by Crippen LogP contribution is -2.38. The molecule has 0 fully saturated rings. The molecule has 0 saturated heterocycles. The van der Waals surface area contributed by atoms with Gasteiger partial charge in [-0.15, -0.1) is 0 Å².